The van der Waals surface area contributed by atoms with Gasteiger partial charge in [0.1, 0.15) is 0 Å². The van der Waals surface area contributed by atoms with Gasteiger partial charge in [0.15, 0.2) is 0 Å². The van der Waals surface area contributed by atoms with E-state index in [1.165, 1.54) is 0 Å². The van der Waals surface area contributed by atoms with Crippen molar-refractivity contribution < 1.29 is 0 Å². The first-order valence-corrected chi connectivity index (χ1v) is 4.89. The van der Waals surface area contributed by atoms with Gasteiger partial charge in [0.05, 0.1) is 0 Å². The SMILES string of the molecule is C=C/C=C(\C=C/C)CCl.CCCl. The van der Waals surface area contributed by atoms with Crippen LogP contribution in [0.15, 0.2) is 36.5 Å². The molecular formula is C10H16Cl2. The average Bonchev–Trinajstić information content (AvgIpc) is 2.05. The second kappa shape index (κ2) is 13.4. The quantitative estimate of drug-likeness (QED) is 0.481. The summed E-state index contributed by atoms with van der Waals surface area (Å²) < 4.78 is 0. The van der Waals surface area contributed by atoms with Crippen LogP contribution in [0.4, 0.5) is 0 Å². The van der Waals surface area contributed by atoms with Crippen LogP contribution in [-0.4, -0.2) is 11.8 Å². The fraction of sp³-hybridized carbons (Fsp3) is 0.400. The summed E-state index contributed by atoms with van der Waals surface area (Å²) in [4.78, 5) is 0. The van der Waals surface area contributed by atoms with E-state index >= 15 is 0 Å². The van der Waals surface area contributed by atoms with Crippen molar-refractivity contribution in [1.82, 2.24) is 0 Å². The van der Waals surface area contributed by atoms with E-state index < -0.39 is 0 Å². The Kier molecular flexibility index (Phi) is 16.0. The zero-order valence-electron chi connectivity index (χ0n) is 7.69. The summed E-state index contributed by atoms with van der Waals surface area (Å²) in [7, 11) is 0. The Balaban J connectivity index is 0. The number of hydrogen-bond donors (Lipinski definition) is 0. The van der Waals surface area contributed by atoms with Gasteiger partial charge in [-0.3, -0.25) is 0 Å². The van der Waals surface area contributed by atoms with Gasteiger partial charge in [0, 0.05) is 11.8 Å². The molecule has 0 fully saturated rings. The van der Waals surface area contributed by atoms with Gasteiger partial charge in [-0.15, -0.1) is 23.2 Å². The van der Waals surface area contributed by atoms with E-state index in [1.807, 2.05) is 32.1 Å². The van der Waals surface area contributed by atoms with Gasteiger partial charge in [0.25, 0.3) is 0 Å². The van der Waals surface area contributed by atoms with Crippen molar-refractivity contribution in [2.75, 3.05) is 11.8 Å². The Morgan fingerprint density at radius 2 is 1.92 bits per heavy atom. The van der Waals surface area contributed by atoms with Crippen LogP contribution < -0.4 is 0 Å². The highest BCUT2D eigenvalue weighted by Gasteiger charge is 1.82. The molecule has 0 aliphatic heterocycles. The highest BCUT2D eigenvalue weighted by atomic mass is 35.5. The fourth-order valence-electron chi connectivity index (χ4n) is 0.510. The molecule has 0 saturated heterocycles. The first kappa shape index (κ1) is 14.3. The number of allylic oxidation sites excluding steroid dienone is 5. The second-order valence-corrected chi connectivity index (χ2v) is 2.68. The van der Waals surface area contributed by atoms with Crippen LogP contribution in [0.1, 0.15) is 13.8 Å². The largest absolute Gasteiger partial charge is 0.127 e. The topological polar surface area (TPSA) is 0 Å². The third-order valence-corrected chi connectivity index (χ3v) is 1.18. The van der Waals surface area contributed by atoms with Crippen LogP contribution >= 0.6 is 23.2 Å². The summed E-state index contributed by atoms with van der Waals surface area (Å²) in [6.45, 7) is 7.41. The van der Waals surface area contributed by atoms with E-state index in [-0.39, 0.29) is 0 Å². The lowest BCUT2D eigenvalue weighted by atomic mass is 10.2. The van der Waals surface area contributed by atoms with Gasteiger partial charge >= 0.3 is 0 Å². The zero-order valence-corrected chi connectivity index (χ0v) is 9.20. The smallest absolute Gasteiger partial charge is 0.0473 e. The van der Waals surface area contributed by atoms with Crippen LogP contribution in [0.3, 0.4) is 0 Å². The number of rotatable bonds is 3. The zero-order chi connectivity index (χ0) is 9.82. The maximum Gasteiger partial charge on any atom is 0.0473 e. The lowest BCUT2D eigenvalue weighted by Crippen LogP contribution is -1.75. The van der Waals surface area contributed by atoms with E-state index in [2.05, 4.69) is 6.58 Å². The van der Waals surface area contributed by atoms with Gasteiger partial charge in [-0.1, -0.05) is 37.8 Å². The van der Waals surface area contributed by atoms with E-state index in [1.54, 1.807) is 6.08 Å². The molecule has 0 nitrogen and oxygen atoms in total. The molecule has 0 atom stereocenters. The summed E-state index contributed by atoms with van der Waals surface area (Å²) >= 11 is 10.6. The minimum Gasteiger partial charge on any atom is -0.127 e. The van der Waals surface area contributed by atoms with Crippen LogP contribution in [0.2, 0.25) is 0 Å². The van der Waals surface area contributed by atoms with E-state index in [0.29, 0.717) is 5.88 Å². The van der Waals surface area contributed by atoms with Crippen LogP contribution in [0, 0.1) is 0 Å². The number of hydrogen-bond acceptors (Lipinski definition) is 0. The Bertz CT molecular complexity index is 146. The summed E-state index contributed by atoms with van der Waals surface area (Å²) in [6, 6.07) is 0. The summed E-state index contributed by atoms with van der Waals surface area (Å²) in [5.41, 5.74) is 1.09. The van der Waals surface area contributed by atoms with Crippen molar-refractivity contribution in [1.29, 1.82) is 0 Å². The third kappa shape index (κ3) is 12.5. The molecule has 70 valence electrons. The predicted octanol–water partition coefficient (Wildman–Crippen LogP) is 4.16. The van der Waals surface area contributed by atoms with E-state index in [4.69, 9.17) is 23.2 Å². The third-order valence-electron chi connectivity index (χ3n) is 0.867. The fourth-order valence-corrected chi connectivity index (χ4v) is 0.688. The molecule has 0 aromatic carbocycles. The maximum absolute atomic E-state index is 5.56. The number of halogens is 2. The van der Waals surface area contributed by atoms with Crippen molar-refractivity contribution in [3.8, 4) is 0 Å². The van der Waals surface area contributed by atoms with Crippen molar-refractivity contribution in [3.63, 3.8) is 0 Å². The molecule has 0 radical (unpaired) electrons. The molecule has 2 heteroatoms. The standard InChI is InChI=1S/C8H11Cl.C2H5Cl/c1-3-5-8(7-9)6-4-2;1-2-3/h3-6H,1,7H2,2H3;2H2,1H3/b6-4-,8-5+;. The monoisotopic (exact) mass is 206 g/mol. The molecule has 0 aliphatic carbocycles. The molecule has 0 bridgehead atoms. The minimum absolute atomic E-state index is 0.552. The molecule has 0 heterocycles. The van der Waals surface area contributed by atoms with Crippen molar-refractivity contribution in [2.24, 2.45) is 0 Å². The highest BCUT2D eigenvalue weighted by molar-refractivity contribution is 6.19. The van der Waals surface area contributed by atoms with Crippen LogP contribution in [-0.2, 0) is 0 Å². The molecule has 0 unspecified atom stereocenters. The molecular weight excluding hydrogens is 191 g/mol. The molecule has 12 heavy (non-hydrogen) atoms. The highest BCUT2D eigenvalue weighted by Crippen LogP contribution is 1.99. The van der Waals surface area contributed by atoms with Gasteiger partial charge in [0.2, 0.25) is 0 Å². The predicted molar refractivity (Wildman–Crippen MR) is 60.2 cm³/mol. The Hall–Kier alpha value is -0.200. The van der Waals surface area contributed by atoms with Gasteiger partial charge in [-0.25, -0.2) is 0 Å². The molecule has 0 rings (SSSR count). The lowest BCUT2D eigenvalue weighted by molar-refractivity contribution is 1.51. The maximum atomic E-state index is 5.56. The van der Waals surface area contributed by atoms with Crippen LogP contribution in [0.25, 0.3) is 0 Å². The molecule has 0 aromatic rings. The molecule has 0 N–H and O–H groups in total. The Labute approximate surface area is 85.6 Å². The Morgan fingerprint density at radius 1 is 1.42 bits per heavy atom. The summed E-state index contributed by atoms with van der Waals surface area (Å²) in [5.74, 6) is 1.27. The lowest BCUT2D eigenvalue weighted by Gasteiger charge is -1.89. The second-order valence-electron chi connectivity index (χ2n) is 1.88. The van der Waals surface area contributed by atoms with Gasteiger partial charge in [-0.05, 0) is 12.5 Å². The van der Waals surface area contributed by atoms with Crippen molar-refractivity contribution in [3.05, 3.63) is 36.5 Å². The van der Waals surface area contributed by atoms with E-state index in [0.717, 1.165) is 11.5 Å². The molecule has 0 spiro atoms. The van der Waals surface area contributed by atoms with E-state index in [9.17, 15) is 0 Å². The molecule has 0 saturated carbocycles. The Morgan fingerprint density at radius 3 is 2.17 bits per heavy atom. The summed E-state index contributed by atoms with van der Waals surface area (Å²) in [5, 5.41) is 0. The first-order chi connectivity index (χ1) is 5.76. The van der Waals surface area contributed by atoms with Crippen molar-refractivity contribution in [2.45, 2.75) is 13.8 Å². The first-order valence-electron chi connectivity index (χ1n) is 3.82. The molecule has 0 aliphatic rings. The molecule has 0 aromatic heterocycles. The number of alkyl halides is 2. The minimum atomic E-state index is 0.552. The molecule has 0 amide bonds. The van der Waals surface area contributed by atoms with Crippen LogP contribution in [0.5, 0.6) is 0 Å². The average molecular weight is 207 g/mol. The summed E-state index contributed by atoms with van der Waals surface area (Å²) in [6.07, 6.45) is 7.55. The van der Waals surface area contributed by atoms with Crippen molar-refractivity contribution >= 4 is 23.2 Å². The van der Waals surface area contributed by atoms with Gasteiger partial charge < -0.3 is 0 Å². The normalized spacial score (nSPS) is 10.8. The van der Waals surface area contributed by atoms with Gasteiger partial charge in [-0.2, -0.15) is 0 Å².